The normalized spacial score (nSPS) is 14.7. The highest BCUT2D eigenvalue weighted by Gasteiger charge is 2.23. The number of nitrogens with one attached hydrogen (secondary N) is 1. The van der Waals surface area contributed by atoms with Crippen LogP contribution in [0.2, 0.25) is 0 Å². The molecular formula is C11H21NO3. The maximum Gasteiger partial charge on any atom is 0.308 e. The van der Waals surface area contributed by atoms with Crippen molar-refractivity contribution in [2.24, 2.45) is 11.8 Å². The number of hydrogen-bond donors (Lipinski definition) is 2. The number of rotatable bonds is 6. The highest BCUT2D eigenvalue weighted by molar-refractivity contribution is 5.80. The van der Waals surface area contributed by atoms with Crippen LogP contribution in [0.25, 0.3) is 0 Å². The van der Waals surface area contributed by atoms with Gasteiger partial charge in [0.2, 0.25) is 5.91 Å². The fourth-order valence-electron chi connectivity index (χ4n) is 1.34. The van der Waals surface area contributed by atoms with Gasteiger partial charge >= 0.3 is 5.97 Å². The molecule has 15 heavy (non-hydrogen) atoms. The molecule has 0 fully saturated rings. The Bertz CT molecular complexity index is 224. The van der Waals surface area contributed by atoms with Crippen molar-refractivity contribution in [3.63, 3.8) is 0 Å². The zero-order valence-corrected chi connectivity index (χ0v) is 9.91. The Morgan fingerprint density at radius 1 is 1.20 bits per heavy atom. The van der Waals surface area contributed by atoms with Crippen LogP contribution in [0.3, 0.4) is 0 Å². The number of hydrogen-bond acceptors (Lipinski definition) is 2. The smallest absolute Gasteiger partial charge is 0.308 e. The fourth-order valence-corrected chi connectivity index (χ4v) is 1.34. The lowest BCUT2D eigenvalue weighted by atomic mass is 9.99. The van der Waals surface area contributed by atoms with Crippen LogP contribution >= 0.6 is 0 Å². The van der Waals surface area contributed by atoms with Crippen molar-refractivity contribution in [3.05, 3.63) is 0 Å². The molecule has 4 heteroatoms. The molecule has 0 radical (unpaired) electrons. The zero-order chi connectivity index (χ0) is 12.0. The van der Waals surface area contributed by atoms with Crippen molar-refractivity contribution >= 4 is 11.9 Å². The summed E-state index contributed by atoms with van der Waals surface area (Å²) in [6.07, 6.45) is 1.58. The highest BCUT2D eigenvalue weighted by atomic mass is 16.4. The van der Waals surface area contributed by atoms with Gasteiger partial charge in [0.05, 0.1) is 5.92 Å². The molecule has 0 saturated heterocycles. The van der Waals surface area contributed by atoms with E-state index in [4.69, 9.17) is 5.11 Å². The predicted octanol–water partition coefficient (Wildman–Crippen LogP) is 1.65. The van der Waals surface area contributed by atoms with Crippen LogP contribution in [0.1, 0.15) is 40.5 Å². The van der Waals surface area contributed by atoms with Gasteiger partial charge in [0.1, 0.15) is 0 Å². The number of carbonyl (C=O) groups is 2. The molecule has 2 atom stereocenters. The first-order chi connectivity index (χ1) is 6.93. The summed E-state index contributed by atoms with van der Waals surface area (Å²) in [4.78, 5) is 22.3. The minimum Gasteiger partial charge on any atom is -0.481 e. The standard InChI is InChI=1S/C11H21NO3/c1-5-9(6-2)10(13)12-8(4)7(3)11(14)15/h7-9H,5-6H2,1-4H3,(H,12,13)(H,14,15). The first-order valence-corrected chi connectivity index (χ1v) is 5.47. The molecule has 0 saturated carbocycles. The van der Waals surface area contributed by atoms with E-state index in [0.717, 1.165) is 12.8 Å². The second-order valence-corrected chi connectivity index (χ2v) is 3.94. The monoisotopic (exact) mass is 215 g/mol. The van der Waals surface area contributed by atoms with Crippen LogP contribution in [0.5, 0.6) is 0 Å². The lowest BCUT2D eigenvalue weighted by molar-refractivity contribution is -0.142. The average Bonchev–Trinajstić information content (AvgIpc) is 2.18. The minimum atomic E-state index is -0.882. The SMILES string of the molecule is CCC(CC)C(=O)NC(C)C(C)C(=O)O. The topological polar surface area (TPSA) is 66.4 Å². The van der Waals surface area contributed by atoms with E-state index < -0.39 is 11.9 Å². The third-order valence-electron chi connectivity index (χ3n) is 2.87. The number of aliphatic carboxylic acids is 1. The molecule has 0 heterocycles. The third kappa shape index (κ3) is 4.32. The molecular weight excluding hydrogens is 194 g/mol. The third-order valence-corrected chi connectivity index (χ3v) is 2.87. The van der Waals surface area contributed by atoms with Gasteiger partial charge in [0, 0.05) is 12.0 Å². The van der Waals surface area contributed by atoms with Crippen molar-refractivity contribution < 1.29 is 14.7 Å². The van der Waals surface area contributed by atoms with Crippen molar-refractivity contribution in [2.45, 2.75) is 46.6 Å². The molecule has 4 nitrogen and oxygen atoms in total. The van der Waals surface area contributed by atoms with Gasteiger partial charge in [0.25, 0.3) is 0 Å². The van der Waals surface area contributed by atoms with Gasteiger partial charge in [-0.2, -0.15) is 0 Å². The summed E-state index contributed by atoms with van der Waals surface area (Å²) in [5.74, 6) is -1.48. The summed E-state index contributed by atoms with van der Waals surface area (Å²) in [5.41, 5.74) is 0. The van der Waals surface area contributed by atoms with Gasteiger partial charge in [-0.1, -0.05) is 13.8 Å². The molecule has 0 aromatic carbocycles. The van der Waals surface area contributed by atoms with E-state index in [1.807, 2.05) is 13.8 Å². The zero-order valence-electron chi connectivity index (χ0n) is 9.91. The van der Waals surface area contributed by atoms with Gasteiger partial charge in [-0.25, -0.2) is 0 Å². The lowest BCUT2D eigenvalue weighted by Crippen LogP contribution is -2.42. The molecule has 2 unspecified atom stereocenters. The first kappa shape index (κ1) is 13.9. The maximum atomic E-state index is 11.6. The van der Waals surface area contributed by atoms with Crippen molar-refractivity contribution in [2.75, 3.05) is 0 Å². The van der Waals surface area contributed by atoms with Crippen molar-refractivity contribution in [1.82, 2.24) is 5.32 Å². The van der Waals surface area contributed by atoms with Crippen molar-refractivity contribution in [1.29, 1.82) is 0 Å². The molecule has 0 rings (SSSR count). The average molecular weight is 215 g/mol. The largest absolute Gasteiger partial charge is 0.481 e. The first-order valence-electron chi connectivity index (χ1n) is 5.47. The molecule has 0 bridgehead atoms. The van der Waals surface area contributed by atoms with E-state index in [0.29, 0.717) is 0 Å². The number of carboxylic acids is 1. The van der Waals surface area contributed by atoms with Crippen LogP contribution in [-0.2, 0) is 9.59 Å². The second kappa shape index (κ2) is 6.43. The van der Waals surface area contributed by atoms with Crippen LogP contribution in [0.4, 0.5) is 0 Å². The molecule has 0 aliphatic rings. The molecule has 0 aromatic rings. The summed E-state index contributed by atoms with van der Waals surface area (Å²) in [6, 6.07) is -0.324. The predicted molar refractivity (Wildman–Crippen MR) is 58.5 cm³/mol. The summed E-state index contributed by atoms with van der Waals surface area (Å²) >= 11 is 0. The molecule has 2 N–H and O–H groups in total. The van der Waals surface area contributed by atoms with Gasteiger partial charge in [-0.05, 0) is 26.7 Å². The van der Waals surface area contributed by atoms with E-state index in [2.05, 4.69) is 5.32 Å². The van der Waals surface area contributed by atoms with Gasteiger partial charge < -0.3 is 10.4 Å². The summed E-state index contributed by atoms with van der Waals surface area (Å²) in [6.45, 7) is 7.23. The van der Waals surface area contributed by atoms with Gasteiger partial charge in [-0.3, -0.25) is 9.59 Å². The molecule has 0 aromatic heterocycles. The van der Waals surface area contributed by atoms with E-state index in [-0.39, 0.29) is 17.9 Å². The Kier molecular flexibility index (Phi) is 5.97. The van der Waals surface area contributed by atoms with Gasteiger partial charge in [-0.15, -0.1) is 0 Å². The molecule has 0 aliphatic heterocycles. The van der Waals surface area contributed by atoms with Crippen molar-refractivity contribution in [3.8, 4) is 0 Å². The highest BCUT2D eigenvalue weighted by Crippen LogP contribution is 2.09. The summed E-state index contributed by atoms with van der Waals surface area (Å²) in [7, 11) is 0. The number of amides is 1. The fraction of sp³-hybridized carbons (Fsp3) is 0.818. The van der Waals surface area contributed by atoms with Crippen LogP contribution in [0.15, 0.2) is 0 Å². The molecule has 1 amide bonds. The van der Waals surface area contributed by atoms with E-state index >= 15 is 0 Å². The quantitative estimate of drug-likeness (QED) is 0.708. The van der Waals surface area contributed by atoms with E-state index in [9.17, 15) is 9.59 Å². The lowest BCUT2D eigenvalue weighted by Gasteiger charge is -2.20. The molecule has 0 spiro atoms. The minimum absolute atomic E-state index is 0.00607. The van der Waals surface area contributed by atoms with Crippen LogP contribution < -0.4 is 5.32 Å². The maximum absolute atomic E-state index is 11.6. The Hall–Kier alpha value is -1.06. The van der Waals surface area contributed by atoms with Gasteiger partial charge in [0.15, 0.2) is 0 Å². The van der Waals surface area contributed by atoms with E-state index in [1.54, 1.807) is 13.8 Å². The van der Waals surface area contributed by atoms with Crippen LogP contribution in [0, 0.1) is 11.8 Å². The molecule has 0 aliphatic carbocycles. The number of carboxylic acid groups (broad SMARTS) is 1. The number of carbonyl (C=O) groups excluding carboxylic acids is 1. The molecule has 88 valence electrons. The Morgan fingerprint density at radius 3 is 2.00 bits per heavy atom. The summed E-state index contributed by atoms with van der Waals surface area (Å²) in [5, 5.41) is 11.5. The summed E-state index contributed by atoms with van der Waals surface area (Å²) < 4.78 is 0. The Morgan fingerprint density at radius 2 is 1.67 bits per heavy atom. The Balaban J connectivity index is 4.22. The van der Waals surface area contributed by atoms with E-state index in [1.165, 1.54) is 0 Å². The Labute approximate surface area is 91.1 Å². The second-order valence-electron chi connectivity index (χ2n) is 3.94. The van der Waals surface area contributed by atoms with Crippen LogP contribution in [-0.4, -0.2) is 23.0 Å².